The van der Waals surface area contributed by atoms with Gasteiger partial charge in [-0.2, -0.15) is 0 Å². The zero-order valence-corrected chi connectivity index (χ0v) is 11.8. The molecule has 0 atom stereocenters. The number of halogens is 1. The highest BCUT2D eigenvalue weighted by molar-refractivity contribution is 6.30. The number of aromatic nitrogens is 2. The molecule has 1 N–H and O–H groups in total. The average Bonchev–Trinajstić information content (AvgIpc) is 2.37. The summed E-state index contributed by atoms with van der Waals surface area (Å²) in [5.41, 5.74) is 1.27. The van der Waals surface area contributed by atoms with E-state index in [1.54, 1.807) is 0 Å². The van der Waals surface area contributed by atoms with E-state index in [1.165, 1.54) is 6.33 Å². The van der Waals surface area contributed by atoms with Crippen LogP contribution in [0.25, 0.3) is 0 Å². The molecule has 1 saturated heterocycles. The number of anilines is 1. The van der Waals surface area contributed by atoms with Crippen molar-refractivity contribution in [3.8, 4) is 0 Å². The molecular formula is C13H20ClN3O. The molecule has 2 heterocycles. The monoisotopic (exact) mass is 269 g/mol. The minimum absolute atomic E-state index is 0.278. The van der Waals surface area contributed by atoms with Crippen molar-refractivity contribution in [2.45, 2.75) is 33.1 Å². The molecule has 4 nitrogen and oxygen atoms in total. The summed E-state index contributed by atoms with van der Waals surface area (Å²) in [6.45, 7) is 6.95. The Morgan fingerprint density at radius 3 is 2.78 bits per heavy atom. The van der Waals surface area contributed by atoms with Crippen molar-refractivity contribution in [1.82, 2.24) is 9.97 Å². The van der Waals surface area contributed by atoms with E-state index in [-0.39, 0.29) is 5.41 Å². The molecule has 0 aromatic carbocycles. The lowest BCUT2D eigenvalue weighted by atomic mass is 9.82. The molecule has 0 bridgehead atoms. The van der Waals surface area contributed by atoms with Crippen LogP contribution in [0.1, 0.15) is 32.3 Å². The highest BCUT2D eigenvalue weighted by atomic mass is 35.5. The first-order chi connectivity index (χ1) is 8.64. The van der Waals surface area contributed by atoms with Gasteiger partial charge in [0.05, 0.1) is 0 Å². The van der Waals surface area contributed by atoms with Crippen LogP contribution in [0.5, 0.6) is 0 Å². The van der Waals surface area contributed by atoms with Gasteiger partial charge in [-0.15, -0.1) is 0 Å². The summed E-state index contributed by atoms with van der Waals surface area (Å²) >= 11 is 6.07. The van der Waals surface area contributed by atoms with Crippen LogP contribution in [0.15, 0.2) is 6.33 Å². The standard InChI is InChI=1S/C13H20ClN3O/c1-3-10-11(14)16-9-17-12(10)15-8-13(2)4-6-18-7-5-13/h9H,3-8H2,1-2H3,(H,15,16,17). The normalized spacial score (nSPS) is 18.6. The van der Waals surface area contributed by atoms with Gasteiger partial charge >= 0.3 is 0 Å². The Kier molecular flexibility index (Phi) is 4.40. The van der Waals surface area contributed by atoms with E-state index in [0.29, 0.717) is 5.15 Å². The van der Waals surface area contributed by atoms with Gasteiger partial charge in [0.2, 0.25) is 0 Å². The van der Waals surface area contributed by atoms with E-state index >= 15 is 0 Å². The predicted molar refractivity (Wildman–Crippen MR) is 73.1 cm³/mol. The molecule has 1 aliphatic heterocycles. The van der Waals surface area contributed by atoms with Gasteiger partial charge in [0.15, 0.2) is 0 Å². The third-order valence-electron chi connectivity index (χ3n) is 3.63. The maximum absolute atomic E-state index is 6.07. The zero-order chi connectivity index (χ0) is 13.0. The Hall–Kier alpha value is -0.870. The van der Waals surface area contributed by atoms with Gasteiger partial charge < -0.3 is 10.1 Å². The molecule has 100 valence electrons. The van der Waals surface area contributed by atoms with Crippen LogP contribution in [0.3, 0.4) is 0 Å². The third kappa shape index (κ3) is 3.12. The van der Waals surface area contributed by atoms with Gasteiger partial charge in [0.25, 0.3) is 0 Å². The fourth-order valence-electron chi connectivity index (χ4n) is 2.19. The second kappa shape index (κ2) is 5.85. The lowest BCUT2D eigenvalue weighted by molar-refractivity contribution is 0.0299. The van der Waals surface area contributed by atoms with Crippen molar-refractivity contribution in [2.75, 3.05) is 25.1 Å². The van der Waals surface area contributed by atoms with E-state index < -0.39 is 0 Å². The number of nitrogens with one attached hydrogen (secondary N) is 1. The lowest BCUT2D eigenvalue weighted by Gasteiger charge is -2.33. The van der Waals surface area contributed by atoms with Crippen LogP contribution in [-0.4, -0.2) is 29.7 Å². The quantitative estimate of drug-likeness (QED) is 0.854. The zero-order valence-electron chi connectivity index (χ0n) is 11.0. The number of nitrogens with zero attached hydrogens (tertiary/aromatic N) is 2. The molecule has 0 spiro atoms. The second-order valence-corrected chi connectivity index (χ2v) is 5.48. The Morgan fingerprint density at radius 2 is 2.11 bits per heavy atom. The van der Waals surface area contributed by atoms with Crippen molar-refractivity contribution in [2.24, 2.45) is 5.41 Å². The first kappa shape index (κ1) is 13.6. The van der Waals surface area contributed by atoms with Gasteiger partial charge in [-0.25, -0.2) is 9.97 Å². The molecular weight excluding hydrogens is 250 g/mol. The van der Waals surface area contributed by atoms with Crippen LogP contribution >= 0.6 is 11.6 Å². The molecule has 1 aliphatic rings. The molecule has 0 radical (unpaired) electrons. The molecule has 1 aromatic rings. The number of ether oxygens (including phenoxy) is 1. The predicted octanol–water partition coefficient (Wildman–Crippen LogP) is 2.92. The molecule has 0 unspecified atom stereocenters. The molecule has 0 aliphatic carbocycles. The van der Waals surface area contributed by atoms with Crippen molar-refractivity contribution < 1.29 is 4.74 Å². The molecule has 0 saturated carbocycles. The van der Waals surface area contributed by atoms with Crippen molar-refractivity contribution in [3.05, 3.63) is 17.0 Å². The van der Waals surface area contributed by atoms with Crippen LogP contribution in [-0.2, 0) is 11.2 Å². The van der Waals surface area contributed by atoms with Gasteiger partial charge in [-0.3, -0.25) is 0 Å². The SMILES string of the molecule is CCc1c(Cl)ncnc1NCC1(C)CCOCC1. The Balaban J connectivity index is 2.03. The summed E-state index contributed by atoms with van der Waals surface area (Å²) in [6.07, 6.45) is 4.51. The number of hydrogen-bond donors (Lipinski definition) is 1. The van der Waals surface area contributed by atoms with Gasteiger partial charge in [0, 0.05) is 25.3 Å². The molecule has 5 heteroatoms. The Morgan fingerprint density at radius 1 is 1.39 bits per heavy atom. The molecule has 0 amide bonds. The van der Waals surface area contributed by atoms with Crippen LogP contribution < -0.4 is 5.32 Å². The highest BCUT2D eigenvalue weighted by Gasteiger charge is 2.27. The van der Waals surface area contributed by atoms with Crippen LogP contribution in [0.2, 0.25) is 5.15 Å². The van der Waals surface area contributed by atoms with Crippen LogP contribution in [0, 0.1) is 5.41 Å². The highest BCUT2D eigenvalue weighted by Crippen LogP contribution is 2.30. The second-order valence-electron chi connectivity index (χ2n) is 5.12. The van der Waals surface area contributed by atoms with Crippen molar-refractivity contribution >= 4 is 17.4 Å². The fourth-order valence-corrected chi connectivity index (χ4v) is 2.46. The van der Waals surface area contributed by atoms with Crippen LogP contribution in [0.4, 0.5) is 5.82 Å². The number of rotatable bonds is 4. The largest absolute Gasteiger partial charge is 0.381 e. The molecule has 1 aromatic heterocycles. The maximum atomic E-state index is 6.07. The Bertz CT molecular complexity index is 405. The lowest BCUT2D eigenvalue weighted by Crippen LogP contribution is -2.33. The summed E-state index contributed by atoms with van der Waals surface area (Å²) in [6, 6.07) is 0. The number of hydrogen-bond acceptors (Lipinski definition) is 4. The average molecular weight is 270 g/mol. The maximum Gasteiger partial charge on any atom is 0.137 e. The molecule has 1 fully saturated rings. The topological polar surface area (TPSA) is 47.0 Å². The van der Waals surface area contributed by atoms with E-state index in [2.05, 4.69) is 29.1 Å². The smallest absolute Gasteiger partial charge is 0.137 e. The summed E-state index contributed by atoms with van der Waals surface area (Å²) in [7, 11) is 0. The Labute approximate surface area is 113 Å². The van der Waals surface area contributed by atoms with E-state index in [1.807, 2.05) is 0 Å². The van der Waals surface area contributed by atoms with E-state index in [9.17, 15) is 0 Å². The third-order valence-corrected chi connectivity index (χ3v) is 3.95. The van der Waals surface area contributed by atoms with Crippen molar-refractivity contribution in [3.63, 3.8) is 0 Å². The summed E-state index contributed by atoms with van der Waals surface area (Å²) in [4.78, 5) is 8.30. The molecule has 2 rings (SSSR count). The minimum atomic E-state index is 0.278. The van der Waals surface area contributed by atoms with Gasteiger partial charge in [0.1, 0.15) is 17.3 Å². The van der Waals surface area contributed by atoms with E-state index in [4.69, 9.17) is 16.3 Å². The van der Waals surface area contributed by atoms with Crippen molar-refractivity contribution in [1.29, 1.82) is 0 Å². The minimum Gasteiger partial charge on any atom is -0.381 e. The fraction of sp³-hybridized carbons (Fsp3) is 0.692. The first-order valence-electron chi connectivity index (χ1n) is 6.45. The summed E-state index contributed by atoms with van der Waals surface area (Å²) < 4.78 is 5.41. The van der Waals surface area contributed by atoms with Gasteiger partial charge in [-0.1, -0.05) is 25.4 Å². The van der Waals surface area contributed by atoms with Gasteiger partial charge in [-0.05, 0) is 24.7 Å². The summed E-state index contributed by atoms with van der Waals surface area (Å²) in [5, 5.41) is 3.97. The molecule has 18 heavy (non-hydrogen) atoms. The summed E-state index contributed by atoms with van der Waals surface area (Å²) in [5.74, 6) is 0.866. The van der Waals surface area contributed by atoms with E-state index in [0.717, 1.165) is 50.4 Å². The first-order valence-corrected chi connectivity index (χ1v) is 6.83.